The van der Waals surface area contributed by atoms with Crippen molar-refractivity contribution >= 4 is 39.7 Å². The number of hydrogen-bond acceptors (Lipinski definition) is 6. The van der Waals surface area contributed by atoms with Crippen LogP contribution < -0.4 is 16.0 Å². The molecule has 5 nitrogen and oxygen atoms in total. The summed E-state index contributed by atoms with van der Waals surface area (Å²) in [5, 5.41) is 3.93. The summed E-state index contributed by atoms with van der Waals surface area (Å²) in [4.78, 5) is 16.0. The third-order valence-electron chi connectivity index (χ3n) is 3.63. The number of thiophene rings is 1. The number of nitrogen functional groups attached to an aromatic ring is 1. The van der Waals surface area contributed by atoms with Gasteiger partial charge >= 0.3 is 0 Å². The average Bonchev–Trinajstić information content (AvgIpc) is 2.84. The molecule has 1 amide bonds. The van der Waals surface area contributed by atoms with Crippen LogP contribution in [0.5, 0.6) is 0 Å². The Kier molecular flexibility index (Phi) is 5.78. The Hall–Kier alpha value is -0.920. The first-order chi connectivity index (χ1) is 10.1. The second-order valence-electron chi connectivity index (χ2n) is 4.99. The average molecular weight is 329 g/mol. The topological polar surface area (TPSA) is 67.6 Å². The molecule has 0 radical (unpaired) electrons. The molecular weight excluding hydrogens is 306 g/mol. The van der Waals surface area contributed by atoms with E-state index < -0.39 is 0 Å². The van der Waals surface area contributed by atoms with Crippen molar-refractivity contribution in [3.63, 3.8) is 0 Å². The van der Waals surface area contributed by atoms with Crippen LogP contribution in [-0.4, -0.2) is 45.0 Å². The second kappa shape index (κ2) is 7.38. The number of nitrogens with one attached hydrogen (secondary N) is 1. The number of thioether (sulfide) groups is 1. The SMILES string of the molecule is CCNC(=O)c1sc(N2CCCC(OC)C2)c(SC)c1N. The predicted octanol–water partition coefficient (Wildman–Crippen LogP) is 2.42. The van der Waals surface area contributed by atoms with Gasteiger partial charge in [-0.05, 0) is 26.0 Å². The van der Waals surface area contributed by atoms with Crippen LogP contribution >= 0.6 is 23.1 Å². The fraction of sp³-hybridized carbons (Fsp3) is 0.643. The zero-order valence-electron chi connectivity index (χ0n) is 12.8. The molecule has 7 heteroatoms. The fourth-order valence-corrected chi connectivity index (χ4v) is 4.68. The third-order valence-corrected chi connectivity index (χ3v) is 5.84. The van der Waals surface area contributed by atoms with Crippen molar-refractivity contribution in [2.24, 2.45) is 0 Å². The molecule has 1 atom stereocenters. The monoisotopic (exact) mass is 329 g/mol. The second-order valence-corrected chi connectivity index (χ2v) is 6.80. The first-order valence-corrected chi connectivity index (χ1v) is 9.18. The summed E-state index contributed by atoms with van der Waals surface area (Å²) >= 11 is 3.09. The van der Waals surface area contributed by atoms with Crippen LogP contribution in [0.2, 0.25) is 0 Å². The fourth-order valence-electron chi connectivity index (χ4n) is 2.55. The van der Waals surface area contributed by atoms with Crippen LogP contribution in [0.4, 0.5) is 10.7 Å². The number of nitrogens with two attached hydrogens (primary N) is 1. The van der Waals surface area contributed by atoms with Gasteiger partial charge in [0.05, 0.1) is 16.7 Å². The van der Waals surface area contributed by atoms with E-state index in [-0.39, 0.29) is 12.0 Å². The molecule has 1 aliphatic heterocycles. The molecule has 2 rings (SSSR count). The van der Waals surface area contributed by atoms with Crippen molar-refractivity contribution in [3.8, 4) is 0 Å². The maximum Gasteiger partial charge on any atom is 0.263 e. The Morgan fingerprint density at radius 1 is 1.62 bits per heavy atom. The van der Waals surface area contributed by atoms with Crippen molar-refractivity contribution in [2.75, 3.05) is 43.6 Å². The maximum atomic E-state index is 12.1. The molecule has 0 spiro atoms. The molecule has 1 unspecified atom stereocenters. The summed E-state index contributed by atoms with van der Waals surface area (Å²) in [6.07, 6.45) is 4.44. The van der Waals surface area contributed by atoms with E-state index in [1.807, 2.05) is 13.2 Å². The molecule has 21 heavy (non-hydrogen) atoms. The molecule has 1 aromatic heterocycles. The van der Waals surface area contributed by atoms with Gasteiger partial charge in [-0.1, -0.05) is 0 Å². The number of hydrogen-bond donors (Lipinski definition) is 2. The van der Waals surface area contributed by atoms with E-state index in [9.17, 15) is 4.79 Å². The summed E-state index contributed by atoms with van der Waals surface area (Å²) in [6, 6.07) is 0. The number of methoxy groups -OCH3 is 1. The largest absolute Gasteiger partial charge is 0.396 e. The summed E-state index contributed by atoms with van der Waals surface area (Å²) in [6.45, 7) is 4.36. The van der Waals surface area contributed by atoms with E-state index in [4.69, 9.17) is 10.5 Å². The van der Waals surface area contributed by atoms with Gasteiger partial charge < -0.3 is 20.7 Å². The van der Waals surface area contributed by atoms with Crippen LogP contribution in [-0.2, 0) is 4.74 Å². The lowest BCUT2D eigenvalue weighted by atomic mass is 10.1. The lowest BCUT2D eigenvalue weighted by molar-refractivity contribution is 0.0894. The smallest absolute Gasteiger partial charge is 0.263 e. The molecule has 2 heterocycles. The number of carbonyl (C=O) groups excluding carboxylic acids is 1. The Balaban J connectivity index is 2.30. The molecule has 0 saturated carbocycles. The molecule has 0 aliphatic carbocycles. The number of rotatable bonds is 5. The third kappa shape index (κ3) is 3.46. The normalized spacial score (nSPS) is 18.8. The van der Waals surface area contributed by atoms with Crippen LogP contribution in [0.3, 0.4) is 0 Å². The lowest BCUT2D eigenvalue weighted by Crippen LogP contribution is -2.39. The minimum Gasteiger partial charge on any atom is -0.396 e. The summed E-state index contributed by atoms with van der Waals surface area (Å²) in [5.74, 6) is -0.0816. The number of piperidine rings is 1. The van der Waals surface area contributed by atoms with Gasteiger partial charge in [-0.15, -0.1) is 23.1 Å². The number of carbonyl (C=O) groups is 1. The molecule has 0 bridgehead atoms. The van der Waals surface area contributed by atoms with E-state index in [1.54, 1.807) is 18.9 Å². The minimum absolute atomic E-state index is 0.0816. The van der Waals surface area contributed by atoms with Crippen molar-refractivity contribution in [2.45, 2.75) is 30.8 Å². The van der Waals surface area contributed by atoms with Gasteiger partial charge in [-0.25, -0.2) is 0 Å². The molecule has 0 aromatic carbocycles. The van der Waals surface area contributed by atoms with Gasteiger partial charge in [0.25, 0.3) is 5.91 Å². The maximum absolute atomic E-state index is 12.1. The van der Waals surface area contributed by atoms with Crippen molar-refractivity contribution < 1.29 is 9.53 Å². The van der Waals surface area contributed by atoms with Crippen LogP contribution in [0.15, 0.2) is 4.90 Å². The van der Waals surface area contributed by atoms with E-state index in [0.29, 0.717) is 17.1 Å². The van der Waals surface area contributed by atoms with E-state index in [0.717, 1.165) is 35.8 Å². The van der Waals surface area contributed by atoms with Gasteiger partial charge in [-0.3, -0.25) is 4.79 Å². The number of nitrogens with zero attached hydrogens (tertiary/aromatic N) is 1. The highest BCUT2D eigenvalue weighted by molar-refractivity contribution is 7.99. The summed E-state index contributed by atoms with van der Waals surface area (Å²) < 4.78 is 5.49. The molecule has 3 N–H and O–H groups in total. The highest BCUT2D eigenvalue weighted by Crippen LogP contribution is 2.44. The minimum atomic E-state index is -0.0816. The zero-order chi connectivity index (χ0) is 15.4. The van der Waals surface area contributed by atoms with E-state index in [2.05, 4.69) is 10.2 Å². The van der Waals surface area contributed by atoms with Crippen molar-refractivity contribution in [3.05, 3.63) is 4.88 Å². The zero-order valence-corrected chi connectivity index (χ0v) is 14.4. The first kappa shape index (κ1) is 16.5. The van der Waals surface area contributed by atoms with Crippen LogP contribution in [0, 0.1) is 0 Å². The Morgan fingerprint density at radius 2 is 2.38 bits per heavy atom. The Bertz CT molecular complexity index is 505. The Morgan fingerprint density at radius 3 is 3.00 bits per heavy atom. The Labute approximate surface area is 134 Å². The molecule has 1 fully saturated rings. The molecule has 1 aromatic rings. The highest BCUT2D eigenvalue weighted by Gasteiger charge is 2.27. The summed E-state index contributed by atoms with van der Waals surface area (Å²) in [5.41, 5.74) is 6.80. The summed E-state index contributed by atoms with van der Waals surface area (Å²) in [7, 11) is 1.76. The van der Waals surface area contributed by atoms with Crippen LogP contribution in [0.25, 0.3) is 0 Å². The predicted molar refractivity (Wildman–Crippen MR) is 90.8 cm³/mol. The molecule has 118 valence electrons. The van der Waals surface area contributed by atoms with Crippen molar-refractivity contribution in [1.82, 2.24) is 5.32 Å². The van der Waals surface area contributed by atoms with Gasteiger partial charge in [0.2, 0.25) is 0 Å². The number of amides is 1. The van der Waals surface area contributed by atoms with Crippen molar-refractivity contribution in [1.29, 1.82) is 0 Å². The van der Waals surface area contributed by atoms with E-state index >= 15 is 0 Å². The number of anilines is 2. The number of ether oxygens (including phenoxy) is 1. The highest BCUT2D eigenvalue weighted by atomic mass is 32.2. The van der Waals surface area contributed by atoms with Crippen LogP contribution in [0.1, 0.15) is 29.4 Å². The van der Waals surface area contributed by atoms with Gasteiger partial charge in [0.15, 0.2) is 0 Å². The lowest BCUT2D eigenvalue weighted by Gasteiger charge is -2.33. The first-order valence-electron chi connectivity index (χ1n) is 7.14. The standard InChI is InChI=1S/C14H23N3O2S2/c1-4-16-13(18)11-10(15)12(20-3)14(21-11)17-7-5-6-9(8-17)19-2/h9H,4-8,15H2,1-3H3,(H,16,18). The quantitative estimate of drug-likeness (QED) is 0.812. The molecular formula is C14H23N3O2S2. The van der Waals surface area contributed by atoms with E-state index in [1.165, 1.54) is 11.3 Å². The van der Waals surface area contributed by atoms with Gasteiger partial charge in [-0.2, -0.15) is 0 Å². The molecule has 1 aliphatic rings. The molecule has 1 saturated heterocycles. The van der Waals surface area contributed by atoms with Gasteiger partial charge in [0.1, 0.15) is 9.88 Å². The van der Waals surface area contributed by atoms with Gasteiger partial charge in [0, 0.05) is 26.7 Å².